The van der Waals surface area contributed by atoms with Crippen molar-refractivity contribution in [3.05, 3.63) is 11.2 Å². The third-order valence-electron chi connectivity index (χ3n) is 4.02. The number of nitrogens with zero attached hydrogens (tertiary/aromatic N) is 4. The second-order valence-electron chi connectivity index (χ2n) is 5.25. The summed E-state index contributed by atoms with van der Waals surface area (Å²) in [7, 11) is 1.47. The molecule has 1 aromatic heterocycles. The smallest absolute Gasteiger partial charge is 0.319 e. The van der Waals surface area contributed by atoms with Crippen LogP contribution < -0.4 is 9.64 Å². The largest absolute Gasteiger partial charge is 0.467 e. The van der Waals surface area contributed by atoms with Crippen LogP contribution in [0.4, 0.5) is 5.82 Å². The van der Waals surface area contributed by atoms with Crippen LogP contribution in [0.5, 0.6) is 6.01 Å². The van der Waals surface area contributed by atoms with Gasteiger partial charge in [-0.15, -0.1) is 0 Å². The maximum absolute atomic E-state index is 9.64. The van der Waals surface area contributed by atoms with Gasteiger partial charge in [0, 0.05) is 12.6 Å². The number of methoxy groups -OCH3 is 1. The van der Waals surface area contributed by atoms with Gasteiger partial charge >= 0.3 is 6.01 Å². The second kappa shape index (κ2) is 3.95. The predicted molar refractivity (Wildman–Crippen MR) is 68.0 cm³/mol. The zero-order chi connectivity index (χ0) is 13.7. The fraction of sp³-hybridized carbons (Fsp3) is 0.583. The highest BCUT2D eigenvalue weighted by atomic mass is 35.5. The summed E-state index contributed by atoms with van der Waals surface area (Å²) in [6, 6.07) is 4.17. The molecule has 0 atom stereocenters. The Morgan fingerprint density at radius 2 is 2.32 bits per heavy atom. The summed E-state index contributed by atoms with van der Waals surface area (Å²) in [5.74, 6) is 0.598. The van der Waals surface area contributed by atoms with Crippen LogP contribution in [0.3, 0.4) is 0 Å². The number of aliphatic hydroxyl groups is 1. The van der Waals surface area contributed by atoms with Crippen molar-refractivity contribution >= 4 is 17.4 Å². The minimum absolute atomic E-state index is 0.000364. The van der Waals surface area contributed by atoms with Crippen LogP contribution in [0.1, 0.15) is 12.8 Å². The predicted octanol–water partition coefficient (Wildman–Crippen LogP) is 0.993. The molecular formula is C12H13ClN4O2. The van der Waals surface area contributed by atoms with Gasteiger partial charge < -0.3 is 14.7 Å². The van der Waals surface area contributed by atoms with Crippen molar-refractivity contribution < 1.29 is 9.84 Å². The number of anilines is 1. The van der Waals surface area contributed by atoms with Crippen LogP contribution in [-0.4, -0.2) is 40.9 Å². The number of rotatable bonds is 3. The molecule has 0 aromatic carbocycles. The Labute approximate surface area is 115 Å². The van der Waals surface area contributed by atoms with Gasteiger partial charge in [-0.25, -0.2) is 0 Å². The molecule has 4 rings (SSSR count). The van der Waals surface area contributed by atoms with Gasteiger partial charge in [0.25, 0.3) is 0 Å². The van der Waals surface area contributed by atoms with Gasteiger partial charge in [0.1, 0.15) is 11.0 Å². The van der Waals surface area contributed by atoms with Gasteiger partial charge in [0.15, 0.2) is 0 Å². The van der Waals surface area contributed by atoms with E-state index in [9.17, 15) is 10.4 Å². The lowest BCUT2D eigenvalue weighted by Gasteiger charge is -2.43. The number of fused-ring (bicyclic) bond motifs is 1. The van der Waals surface area contributed by atoms with E-state index in [0.717, 1.165) is 0 Å². The zero-order valence-corrected chi connectivity index (χ0v) is 11.2. The van der Waals surface area contributed by atoms with Gasteiger partial charge in [-0.2, -0.15) is 15.2 Å². The SMILES string of the molecule is COc1nc(Cl)cc(N2CC3(C#N)CC2(CO)C3)n1. The minimum Gasteiger partial charge on any atom is -0.467 e. The topological polar surface area (TPSA) is 82.3 Å². The molecule has 3 aliphatic rings. The maximum Gasteiger partial charge on any atom is 0.319 e. The number of hydrogen-bond acceptors (Lipinski definition) is 6. The number of aliphatic hydroxyl groups excluding tert-OH is 1. The molecule has 3 heterocycles. The highest BCUT2D eigenvalue weighted by Gasteiger charge is 2.66. The summed E-state index contributed by atoms with van der Waals surface area (Å²) in [6.45, 7) is 0.556. The van der Waals surface area contributed by atoms with Crippen LogP contribution in [-0.2, 0) is 0 Å². The summed E-state index contributed by atoms with van der Waals surface area (Å²) in [4.78, 5) is 10.1. The summed E-state index contributed by atoms with van der Waals surface area (Å²) in [5.41, 5.74) is -0.758. The van der Waals surface area contributed by atoms with Crippen molar-refractivity contribution in [2.24, 2.45) is 5.41 Å². The van der Waals surface area contributed by atoms with Crippen LogP contribution in [0.2, 0.25) is 5.15 Å². The molecule has 3 fully saturated rings. The molecule has 0 spiro atoms. The molecule has 100 valence electrons. The van der Waals surface area contributed by atoms with Crippen molar-refractivity contribution in [2.75, 3.05) is 25.2 Å². The molecule has 6 nitrogen and oxygen atoms in total. The lowest BCUT2D eigenvalue weighted by atomic mass is 9.63. The van der Waals surface area contributed by atoms with E-state index in [1.54, 1.807) is 6.07 Å². The Bertz CT molecular complexity index is 565. The van der Waals surface area contributed by atoms with E-state index in [-0.39, 0.29) is 23.2 Å². The summed E-state index contributed by atoms with van der Waals surface area (Å²) in [5, 5.41) is 19.2. The van der Waals surface area contributed by atoms with Gasteiger partial charge in [0.2, 0.25) is 0 Å². The summed E-state index contributed by atoms with van der Waals surface area (Å²) < 4.78 is 5.00. The van der Waals surface area contributed by atoms with Crippen LogP contribution in [0.25, 0.3) is 0 Å². The lowest BCUT2D eigenvalue weighted by molar-refractivity contribution is 0.0973. The summed E-state index contributed by atoms with van der Waals surface area (Å²) >= 11 is 5.94. The van der Waals surface area contributed by atoms with E-state index in [0.29, 0.717) is 25.2 Å². The average molecular weight is 281 g/mol. The van der Waals surface area contributed by atoms with Gasteiger partial charge in [0.05, 0.1) is 30.7 Å². The molecule has 19 heavy (non-hydrogen) atoms. The van der Waals surface area contributed by atoms with E-state index in [2.05, 4.69) is 16.0 Å². The minimum atomic E-state index is -0.390. The Hall–Kier alpha value is -1.58. The van der Waals surface area contributed by atoms with E-state index in [4.69, 9.17) is 16.3 Å². The van der Waals surface area contributed by atoms with E-state index < -0.39 is 5.54 Å². The van der Waals surface area contributed by atoms with Gasteiger partial charge in [-0.05, 0) is 12.8 Å². The average Bonchev–Trinajstić information content (AvgIpc) is 2.88. The molecule has 1 N–H and O–H groups in total. The fourth-order valence-corrected chi connectivity index (χ4v) is 3.40. The highest BCUT2D eigenvalue weighted by Crippen LogP contribution is 2.59. The fourth-order valence-electron chi connectivity index (χ4n) is 3.23. The molecule has 1 aromatic rings. The zero-order valence-electron chi connectivity index (χ0n) is 10.4. The van der Waals surface area contributed by atoms with Crippen molar-refractivity contribution in [1.82, 2.24) is 9.97 Å². The molecule has 0 unspecified atom stereocenters. The standard InChI is InChI=1S/C12H13ClN4O2/c1-19-10-15-8(13)2-9(16-10)17-6-11(5-14)3-12(17,4-11)7-18/h2,18H,3-4,6-7H2,1H3. The second-order valence-corrected chi connectivity index (χ2v) is 5.64. The molecule has 0 radical (unpaired) electrons. The van der Waals surface area contributed by atoms with Crippen LogP contribution in [0, 0.1) is 16.7 Å². The normalized spacial score (nSPS) is 31.8. The molecule has 7 heteroatoms. The number of ether oxygens (including phenoxy) is 1. The van der Waals surface area contributed by atoms with E-state index >= 15 is 0 Å². The highest BCUT2D eigenvalue weighted by molar-refractivity contribution is 6.29. The lowest BCUT2D eigenvalue weighted by Crippen LogP contribution is -2.52. The molecule has 1 saturated carbocycles. The molecule has 2 bridgehead atoms. The first-order valence-electron chi connectivity index (χ1n) is 5.95. The van der Waals surface area contributed by atoms with Crippen molar-refractivity contribution in [2.45, 2.75) is 18.4 Å². The van der Waals surface area contributed by atoms with Gasteiger partial charge in [-0.1, -0.05) is 11.6 Å². The van der Waals surface area contributed by atoms with Gasteiger partial charge in [-0.3, -0.25) is 0 Å². The molecule has 0 amide bonds. The first kappa shape index (κ1) is 12.5. The Balaban J connectivity index is 1.99. The molecular weight excluding hydrogens is 268 g/mol. The third kappa shape index (κ3) is 1.66. The summed E-state index contributed by atoms with van der Waals surface area (Å²) in [6.07, 6.45) is 1.33. The first-order valence-corrected chi connectivity index (χ1v) is 6.33. The van der Waals surface area contributed by atoms with Crippen LogP contribution >= 0.6 is 11.6 Å². The van der Waals surface area contributed by atoms with E-state index in [1.165, 1.54) is 7.11 Å². The van der Waals surface area contributed by atoms with Crippen LogP contribution in [0.15, 0.2) is 6.07 Å². The number of aromatic nitrogens is 2. The molecule has 2 aliphatic heterocycles. The van der Waals surface area contributed by atoms with Crippen molar-refractivity contribution in [3.63, 3.8) is 0 Å². The Kier molecular flexibility index (Phi) is 2.59. The molecule has 1 aliphatic carbocycles. The third-order valence-corrected chi connectivity index (χ3v) is 4.21. The Morgan fingerprint density at radius 1 is 1.58 bits per heavy atom. The number of nitriles is 1. The number of halogens is 1. The Morgan fingerprint density at radius 3 is 2.89 bits per heavy atom. The maximum atomic E-state index is 9.64. The number of hydrogen-bond donors (Lipinski definition) is 1. The van der Waals surface area contributed by atoms with Crippen molar-refractivity contribution in [1.29, 1.82) is 5.26 Å². The van der Waals surface area contributed by atoms with E-state index in [1.807, 2.05) is 4.90 Å². The first-order chi connectivity index (χ1) is 9.06. The van der Waals surface area contributed by atoms with Crippen molar-refractivity contribution in [3.8, 4) is 12.1 Å². The monoisotopic (exact) mass is 280 g/mol. The quantitative estimate of drug-likeness (QED) is 0.832. The molecule has 2 saturated heterocycles.